The summed E-state index contributed by atoms with van der Waals surface area (Å²) in [6.07, 6.45) is 2.48. The molecule has 0 saturated heterocycles. The Balaban J connectivity index is 2.01. The zero-order chi connectivity index (χ0) is 17.2. The minimum Gasteiger partial charge on any atom is -0.313 e. The van der Waals surface area contributed by atoms with E-state index in [1.807, 2.05) is 0 Å². The molecular formula is C22H32N2. The quantitative estimate of drug-likeness (QED) is 0.671. The fourth-order valence-electron chi connectivity index (χ4n) is 3.04. The Hall–Kier alpha value is -1.64. The lowest BCUT2D eigenvalue weighted by molar-refractivity contribution is 0.183. The van der Waals surface area contributed by atoms with Gasteiger partial charge in [0.1, 0.15) is 0 Å². The minimum atomic E-state index is 0.490. The lowest BCUT2D eigenvalue weighted by atomic mass is 10.1. The second-order valence-corrected chi connectivity index (χ2v) is 6.82. The van der Waals surface area contributed by atoms with Crippen LogP contribution in [0.15, 0.2) is 60.7 Å². The second-order valence-electron chi connectivity index (χ2n) is 6.82. The molecule has 2 rings (SSSR count). The van der Waals surface area contributed by atoms with Gasteiger partial charge in [-0.05, 0) is 31.4 Å². The summed E-state index contributed by atoms with van der Waals surface area (Å²) < 4.78 is 0. The van der Waals surface area contributed by atoms with Crippen molar-refractivity contribution in [2.24, 2.45) is 0 Å². The van der Waals surface area contributed by atoms with Crippen molar-refractivity contribution in [3.05, 3.63) is 71.8 Å². The van der Waals surface area contributed by atoms with E-state index in [0.717, 1.165) is 19.6 Å². The van der Waals surface area contributed by atoms with E-state index in [2.05, 4.69) is 91.7 Å². The monoisotopic (exact) mass is 324 g/mol. The van der Waals surface area contributed by atoms with E-state index in [1.165, 1.54) is 24.0 Å². The average Bonchev–Trinajstić information content (AvgIpc) is 2.61. The first kappa shape index (κ1) is 18.7. The summed E-state index contributed by atoms with van der Waals surface area (Å²) in [5.41, 5.74) is 2.75. The van der Waals surface area contributed by atoms with Gasteiger partial charge in [0.15, 0.2) is 0 Å². The summed E-state index contributed by atoms with van der Waals surface area (Å²) in [5, 5.41) is 3.69. The van der Waals surface area contributed by atoms with Crippen molar-refractivity contribution in [2.75, 3.05) is 6.54 Å². The van der Waals surface area contributed by atoms with Gasteiger partial charge in [-0.25, -0.2) is 0 Å². The molecule has 2 nitrogen and oxygen atoms in total. The molecule has 0 aliphatic heterocycles. The number of rotatable bonds is 10. The Morgan fingerprint density at radius 1 is 0.833 bits per heavy atom. The molecule has 24 heavy (non-hydrogen) atoms. The van der Waals surface area contributed by atoms with Crippen LogP contribution in [-0.2, 0) is 13.1 Å². The van der Waals surface area contributed by atoms with Gasteiger partial charge in [-0.15, -0.1) is 0 Å². The second kappa shape index (κ2) is 10.3. The first-order valence-electron chi connectivity index (χ1n) is 9.24. The van der Waals surface area contributed by atoms with Gasteiger partial charge < -0.3 is 5.32 Å². The van der Waals surface area contributed by atoms with E-state index in [1.54, 1.807) is 0 Å². The Kier molecular flexibility index (Phi) is 8.00. The highest BCUT2D eigenvalue weighted by Crippen LogP contribution is 2.13. The van der Waals surface area contributed by atoms with Crippen LogP contribution in [0.5, 0.6) is 0 Å². The fraction of sp³-hybridized carbons (Fsp3) is 0.455. The molecule has 0 amide bonds. The molecule has 2 heteroatoms. The Morgan fingerprint density at radius 3 is 1.79 bits per heavy atom. The largest absolute Gasteiger partial charge is 0.313 e. The summed E-state index contributed by atoms with van der Waals surface area (Å²) >= 11 is 0. The van der Waals surface area contributed by atoms with Gasteiger partial charge in [0.25, 0.3) is 0 Å². The highest BCUT2D eigenvalue weighted by atomic mass is 15.2. The van der Waals surface area contributed by atoms with E-state index in [9.17, 15) is 0 Å². The summed E-state index contributed by atoms with van der Waals surface area (Å²) in [5.74, 6) is 0. The molecule has 0 radical (unpaired) electrons. The molecule has 0 aliphatic carbocycles. The molecule has 0 fully saturated rings. The summed E-state index contributed by atoms with van der Waals surface area (Å²) in [6, 6.07) is 22.6. The van der Waals surface area contributed by atoms with Crippen molar-refractivity contribution in [1.82, 2.24) is 10.2 Å². The molecule has 0 aliphatic rings. The van der Waals surface area contributed by atoms with Crippen molar-refractivity contribution in [3.8, 4) is 0 Å². The van der Waals surface area contributed by atoms with Crippen LogP contribution in [-0.4, -0.2) is 23.5 Å². The SMILES string of the molecule is CCCC(C)NCC(C)N(Cc1ccccc1)Cc1ccccc1. The van der Waals surface area contributed by atoms with E-state index in [0.29, 0.717) is 12.1 Å². The molecule has 0 aromatic heterocycles. The minimum absolute atomic E-state index is 0.490. The zero-order valence-corrected chi connectivity index (χ0v) is 15.4. The van der Waals surface area contributed by atoms with Crippen LogP contribution in [0.25, 0.3) is 0 Å². The number of benzene rings is 2. The molecule has 1 N–H and O–H groups in total. The Labute approximate surface area is 147 Å². The van der Waals surface area contributed by atoms with E-state index in [-0.39, 0.29) is 0 Å². The maximum atomic E-state index is 3.69. The van der Waals surface area contributed by atoms with Gasteiger partial charge >= 0.3 is 0 Å². The molecule has 130 valence electrons. The first-order valence-corrected chi connectivity index (χ1v) is 9.24. The number of nitrogens with one attached hydrogen (secondary N) is 1. The average molecular weight is 325 g/mol. The molecule has 0 bridgehead atoms. The van der Waals surface area contributed by atoms with Gasteiger partial charge in [0, 0.05) is 31.7 Å². The van der Waals surface area contributed by atoms with Crippen molar-refractivity contribution >= 4 is 0 Å². The predicted octanol–water partition coefficient (Wildman–Crippen LogP) is 4.86. The van der Waals surface area contributed by atoms with E-state index < -0.39 is 0 Å². The van der Waals surface area contributed by atoms with Crippen LogP contribution in [0.3, 0.4) is 0 Å². The first-order chi connectivity index (χ1) is 11.7. The molecule has 0 spiro atoms. The van der Waals surface area contributed by atoms with E-state index >= 15 is 0 Å². The lowest BCUT2D eigenvalue weighted by Crippen LogP contribution is -2.42. The number of hydrogen-bond donors (Lipinski definition) is 1. The van der Waals surface area contributed by atoms with Gasteiger partial charge in [0.2, 0.25) is 0 Å². The van der Waals surface area contributed by atoms with Gasteiger partial charge in [-0.3, -0.25) is 4.90 Å². The fourth-order valence-corrected chi connectivity index (χ4v) is 3.04. The molecule has 0 heterocycles. The van der Waals surface area contributed by atoms with Crippen molar-refractivity contribution < 1.29 is 0 Å². The van der Waals surface area contributed by atoms with Gasteiger partial charge in [-0.2, -0.15) is 0 Å². The smallest absolute Gasteiger partial charge is 0.0240 e. The number of nitrogens with zero attached hydrogens (tertiary/aromatic N) is 1. The standard InChI is InChI=1S/C22H32N2/c1-4-11-19(2)23-16-20(3)24(17-21-12-7-5-8-13-21)18-22-14-9-6-10-15-22/h5-10,12-15,19-20,23H,4,11,16-18H2,1-3H3. The zero-order valence-electron chi connectivity index (χ0n) is 15.4. The van der Waals surface area contributed by atoms with Crippen LogP contribution in [0.2, 0.25) is 0 Å². The Bertz CT molecular complexity index is 511. The van der Waals surface area contributed by atoms with E-state index in [4.69, 9.17) is 0 Å². The highest BCUT2D eigenvalue weighted by Gasteiger charge is 2.15. The van der Waals surface area contributed by atoms with Gasteiger partial charge in [0.05, 0.1) is 0 Å². The normalized spacial score (nSPS) is 13.8. The van der Waals surface area contributed by atoms with Crippen molar-refractivity contribution in [1.29, 1.82) is 0 Å². The lowest BCUT2D eigenvalue weighted by Gasteiger charge is -2.30. The molecule has 2 atom stereocenters. The third-order valence-corrected chi connectivity index (χ3v) is 4.56. The summed E-state index contributed by atoms with van der Waals surface area (Å²) in [4.78, 5) is 2.57. The van der Waals surface area contributed by atoms with Crippen molar-refractivity contribution in [3.63, 3.8) is 0 Å². The molecule has 2 unspecified atom stereocenters. The molecular weight excluding hydrogens is 292 g/mol. The predicted molar refractivity (Wildman–Crippen MR) is 104 cm³/mol. The number of hydrogen-bond acceptors (Lipinski definition) is 2. The summed E-state index contributed by atoms with van der Waals surface area (Å²) in [7, 11) is 0. The van der Waals surface area contributed by atoms with Crippen LogP contribution in [0, 0.1) is 0 Å². The third-order valence-electron chi connectivity index (χ3n) is 4.56. The van der Waals surface area contributed by atoms with Gasteiger partial charge in [-0.1, -0.05) is 74.0 Å². The van der Waals surface area contributed by atoms with Crippen molar-refractivity contribution in [2.45, 2.75) is 58.8 Å². The van der Waals surface area contributed by atoms with Crippen LogP contribution in [0.4, 0.5) is 0 Å². The summed E-state index contributed by atoms with van der Waals surface area (Å²) in [6.45, 7) is 9.87. The van der Waals surface area contributed by atoms with Crippen LogP contribution >= 0.6 is 0 Å². The molecule has 2 aromatic rings. The third kappa shape index (κ3) is 6.46. The molecule has 0 saturated carbocycles. The maximum Gasteiger partial charge on any atom is 0.0240 e. The van der Waals surface area contributed by atoms with Crippen LogP contribution in [0.1, 0.15) is 44.7 Å². The molecule has 2 aromatic carbocycles. The Morgan fingerprint density at radius 2 is 1.33 bits per heavy atom. The topological polar surface area (TPSA) is 15.3 Å². The maximum absolute atomic E-state index is 3.69. The van der Waals surface area contributed by atoms with Crippen LogP contribution < -0.4 is 5.32 Å². The highest BCUT2D eigenvalue weighted by molar-refractivity contribution is 5.17.